The first kappa shape index (κ1) is 38.3. The molecular weight excluding hydrogens is 671 g/mol. The van der Waals surface area contributed by atoms with Crippen LogP contribution in [0.4, 0.5) is 23.7 Å². The van der Waals surface area contributed by atoms with E-state index in [1.165, 1.54) is 12.1 Å². The number of alkyl carbamates (subject to hydrolysis) is 1. The van der Waals surface area contributed by atoms with E-state index in [-0.39, 0.29) is 23.4 Å². The molecule has 5 rings (SSSR count). The van der Waals surface area contributed by atoms with E-state index in [1.807, 2.05) is 38.7 Å². The molecule has 2 aromatic carbocycles. The molecule has 1 aliphatic heterocycles. The first-order valence-electron chi connectivity index (χ1n) is 17.6. The fraction of sp³-hybridized carbons (Fsp3) is 0.436. The molecule has 3 heterocycles. The predicted molar refractivity (Wildman–Crippen MR) is 194 cm³/mol. The van der Waals surface area contributed by atoms with Gasteiger partial charge in [-0.3, -0.25) is 9.69 Å². The number of amides is 2. The third kappa shape index (κ3) is 11.0. The average Bonchev–Trinajstić information content (AvgIpc) is 3.50. The Morgan fingerprint density at radius 3 is 2.42 bits per heavy atom. The number of carbonyl (C=O) groups excluding carboxylic acids is 2. The van der Waals surface area contributed by atoms with Gasteiger partial charge in [-0.05, 0) is 101 Å². The monoisotopic (exact) mass is 717 g/mol. The van der Waals surface area contributed by atoms with Crippen LogP contribution in [-0.2, 0) is 17.5 Å². The number of unbranched alkanes of at least 4 members (excludes halogenated alkanes) is 3. The van der Waals surface area contributed by atoms with Crippen molar-refractivity contribution in [3.8, 4) is 11.8 Å². The van der Waals surface area contributed by atoms with Gasteiger partial charge in [-0.25, -0.2) is 14.3 Å². The molecule has 13 heteroatoms. The van der Waals surface area contributed by atoms with Crippen molar-refractivity contribution in [3.63, 3.8) is 0 Å². The normalized spacial score (nSPS) is 14.1. The first-order valence-corrected chi connectivity index (χ1v) is 17.6. The van der Waals surface area contributed by atoms with Crippen molar-refractivity contribution >= 4 is 23.3 Å². The van der Waals surface area contributed by atoms with E-state index < -0.39 is 29.3 Å². The van der Waals surface area contributed by atoms with E-state index in [9.17, 15) is 22.8 Å². The van der Waals surface area contributed by atoms with E-state index in [2.05, 4.69) is 37.5 Å². The minimum atomic E-state index is -4.58. The molecule has 52 heavy (non-hydrogen) atoms. The van der Waals surface area contributed by atoms with Gasteiger partial charge >= 0.3 is 12.3 Å². The fourth-order valence-electron chi connectivity index (χ4n) is 5.93. The highest BCUT2D eigenvalue weighted by Crippen LogP contribution is 2.35. The van der Waals surface area contributed by atoms with Crippen molar-refractivity contribution in [1.29, 1.82) is 0 Å². The summed E-state index contributed by atoms with van der Waals surface area (Å²) in [6.45, 7) is 12.0. The number of imidazole rings is 1. The zero-order valence-electron chi connectivity index (χ0n) is 30.1. The maximum absolute atomic E-state index is 14.3. The largest absolute Gasteiger partial charge is 0.444 e. The molecule has 0 aliphatic carbocycles. The molecule has 0 spiro atoms. The van der Waals surface area contributed by atoms with Gasteiger partial charge in [0.05, 0.1) is 11.8 Å². The van der Waals surface area contributed by atoms with Crippen LogP contribution in [0.15, 0.2) is 60.9 Å². The van der Waals surface area contributed by atoms with Crippen LogP contribution in [-0.4, -0.2) is 81.3 Å². The Morgan fingerprint density at radius 1 is 0.923 bits per heavy atom. The molecule has 276 valence electrons. The lowest BCUT2D eigenvalue weighted by Gasteiger charge is -2.35. The number of fused-ring (bicyclic) bond motifs is 1. The van der Waals surface area contributed by atoms with E-state index in [0.29, 0.717) is 36.5 Å². The number of anilines is 1. The Morgan fingerprint density at radius 2 is 1.67 bits per heavy atom. The summed E-state index contributed by atoms with van der Waals surface area (Å²) in [5.41, 5.74) is 1.94. The van der Waals surface area contributed by atoms with E-state index in [1.54, 1.807) is 41.2 Å². The van der Waals surface area contributed by atoms with Gasteiger partial charge in [0.1, 0.15) is 11.3 Å². The zero-order valence-corrected chi connectivity index (χ0v) is 30.1. The molecule has 0 radical (unpaired) electrons. The summed E-state index contributed by atoms with van der Waals surface area (Å²) in [5, 5.41) is 9.67. The number of nitrogens with one attached hydrogen (secondary N) is 2. The van der Waals surface area contributed by atoms with Gasteiger partial charge in [0.15, 0.2) is 5.65 Å². The number of benzene rings is 2. The number of rotatable bonds is 11. The Kier molecular flexibility index (Phi) is 12.6. The molecule has 2 N–H and O–H groups in total. The highest BCUT2D eigenvalue weighted by molar-refractivity contribution is 6.04. The fourth-order valence-corrected chi connectivity index (χ4v) is 5.93. The molecular formula is C39H46F3N7O3. The Hall–Kier alpha value is -4.93. The molecule has 10 nitrogen and oxygen atoms in total. The third-order valence-electron chi connectivity index (χ3n) is 8.70. The van der Waals surface area contributed by atoms with Crippen LogP contribution >= 0.6 is 0 Å². The molecule has 2 aromatic heterocycles. The van der Waals surface area contributed by atoms with Gasteiger partial charge < -0.3 is 20.3 Å². The van der Waals surface area contributed by atoms with Crippen LogP contribution in [0.3, 0.4) is 0 Å². The van der Waals surface area contributed by atoms with Crippen molar-refractivity contribution in [2.75, 3.05) is 44.6 Å². The number of piperazine rings is 1. The lowest BCUT2D eigenvalue weighted by Crippen LogP contribution is -2.46. The standard InChI is InChI=1S/C39H46F3N7O3/c1-28-11-12-30(24-29(28)14-16-33-26-44-35-10-9-18-45-49(33)35)36(50)46-32-15-13-31(34(25-32)39(40,41)42)27-48-22-20-47(21-23-48)19-8-6-5-7-17-43-37(51)52-38(2,3)4/h9-13,15,18,24-26H,5-8,17,19-23,27H2,1-4H3,(H,43,51)(H,46,50). The number of alkyl halides is 3. The number of aryl methyl sites for hydroxylation is 1. The van der Waals surface area contributed by atoms with Gasteiger partial charge in [0.25, 0.3) is 5.91 Å². The third-order valence-corrected chi connectivity index (χ3v) is 8.70. The topological polar surface area (TPSA) is 104 Å². The number of hydrogen-bond donors (Lipinski definition) is 2. The van der Waals surface area contributed by atoms with Crippen LogP contribution in [0, 0.1) is 18.8 Å². The van der Waals surface area contributed by atoms with Crippen molar-refractivity contribution in [2.24, 2.45) is 0 Å². The predicted octanol–water partition coefficient (Wildman–Crippen LogP) is 6.91. The summed E-state index contributed by atoms with van der Waals surface area (Å²) in [6.07, 6.45) is 2.21. The molecule has 0 atom stereocenters. The van der Waals surface area contributed by atoms with Gasteiger partial charge in [-0.2, -0.15) is 18.3 Å². The summed E-state index contributed by atoms with van der Waals surface area (Å²) in [5.74, 6) is 5.58. The van der Waals surface area contributed by atoms with Crippen LogP contribution in [0.2, 0.25) is 0 Å². The Balaban J connectivity index is 1.11. The van der Waals surface area contributed by atoms with Gasteiger partial charge in [0, 0.05) is 62.3 Å². The van der Waals surface area contributed by atoms with Crippen LogP contribution in [0.1, 0.15) is 84.8 Å². The SMILES string of the molecule is Cc1ccc(C(=O)Nc2ccc(CN3CCN(CCCCCCNC(=O)OC(C)(C)C)CC3)c(C(F)(F)F)c2)cc1C#Cc1cnc2cccnn12. The molecule has 4 aromatic rings. The number of ether oxygens (including phenoxy) is 1. The summed E-state index contributed by atoms with van der Waals surface area (Å²) in [4.78, 5) is 33.6. The van der Waals surface area contributed by atoms with E-state index >= 15 is 0 Å². The smallest absolute Gasteiger partial charge is 0.416 e. The zero-order chi connectivity index (χ0) is 37.3. The number of halogens is 3. The first-order chi connectivity index (χ1) is 24.7. The number of aromatic nitrogens is 3. The Bertz CT molecular complexity index is 1920. The van der Waals surface area contributed by atoms with Crippen molar-refractivity contribution in [1.82, 2.24) is 29.7 Å². The number of nitrogens with zero attached hydrogens (tertiary/aromatic N) is 5. The van der Waals surface area contributed by atoms with Crippen molar-refractivity contribution in [2.45, 2.75) is 71.7 Å². The summed E-state index contributed by atoms with van der Waals surface area (Å²) in [6, 6.07) is 12.6. The molecule has 0 bridgehead atoms. The van der Waals surface area contributed by atoms with Crippen LogP contribution < -0.4 is 10.6 Å². The van der Waals surface area contributed by atoms with Gasteiger partial charge in [-0.15, -0.1) is 0 Å². The van der Waals surface area contributed by atoms with Crippen molar-refractivity contribution in [3.05, 3.63) is 94.4 Å². The van der Waals surface area contributed by atoms with E-state index in [4.69, 9.17) is 4.74 Å². The second-order valence-corrected chi connectivity index (χ2v) is 14.0. The number of carbonyl (C=O) groups is 2. The molecule has 2 amide bonds. The highest BCUT2D eigenvalue weighted by Gasteiger charge is 2.34. The quantitative estimate of drug-likeness (QED) is 0.128. The van der Waals surface area contributed by atoms with E-state index in [0.717, 1.165) is 56.9 Å². The lowest BCUT2D eigenvalue weighted by molar-refractivity contribution is -0.138. The average molecular weight is 718 g/mol. The van der Waals surface area contributed by atoms with Crippen LogP contribution in [0.5, 0.6) is 0 Å². The van der Waals surface area contributed by atoms with Crippen LogP contribution in [0.25, 0.3) is 5.65 Å². The van der Waals surface area contributed by atoms with Crippen molar-refractivity contribution < 1.29 is 27.5 Å². The molecule has 0 unspecified atom stereocenters. The highest BCUT2D eigenvalue weighted by atomic mass is 19.4. The second kappa shape index (κ2) is 17.1. The lowest BCUT2D eigenvalue weighted by atomic mass is 10.0. The van der Waals surface area contributed by atoms with Gasteiger partial charge in [0.2, 0.25) is 0 Å². The summed E-state index contributed by atoms with van der Waals surface area (Å²) < 4.78 is 49.6. The minimum absolute atomic E-state index is 0.0662. The molecule has 1 fully saturated rings. The summed E-state index contributed by atoms with van der Waals surface area (Å²) in [7, 11) is 0. The van der Waals surface area contributed by atoms with Gasteiger partial charge in [-0.1, -0.05) is 30.9 Å². The minimum Gasteiger partial charge on any atom is -0.444 e. The molecule has 1 aliphatic rings. The number of hydrogen-bond acceptors (Lipinski definition) is 7. The summed E-state index contributed by atoms with van der Waals surface area (Å²) >= 11 is 0. The molecule has 0 saturated carbocycles. The maximum Gasteiger partial charge on any atom is 0.416 e. The maximum atomic E-state index is 14.3. The second-order valence-electron chi connectivity index (χ2n) is 14.0. The molecule has 1 saturated heterocycles. The Labute approximate surface area is 302 Å².